The maximum Gasteiger partial charge on any atom is 0.273 e. The summed E-state index contributed by atoms with van der Waals surface area (Å²) < 4.78 is 0. The summed E-state index contributed by atoms with van der Waals surface area (Å²) in [6.07, 6.45) is 6.27. The molecular weight excluding hydrogens is 342 g/mol. The predicted molar refractivity (Wildman–Crippen MR) is 101 cm³/mol. The molecule has 3 aromatic rings. The molecule has 1 fully saturated rings. The number of aryl methyl sites for hydroxylation is 1. The van der Waals surface area contributed by atoms with Gasteiger partial charge in [0.15, 0.2) is 0 Å². The fourth-order valence-electron chi connectivity index (χ4n) is 3.59. The molecule has 0 bridgehead atoms. The largest absolute Gasteiger partial charge is 0.337 e. The molecule has 0 radical (unpaired) electrons. The SMILES string of the molecule is Cc1ccc(-c2cn[nH]c2[C@H]2CCCN(C(=O)c3c[nH]c(=O)cn3)C2)cc1. The van der Waals surface area contributed by atoms with Gasteiger partial charge in [0.05, 0.1) is 12.4 Å². The third-order valence-electron chi connectivity index (χ3n) is 5.04. The van der Waals surface area contributed by atoms with Gasteiger partial charge >= 0.3 is 0 Å². The van der Waals surface area contributed by atoms with Crippen molar-refractivity contribution in [2.45, 2.75) is 25.7 Å². The Kier molecular flexibility index (Phi) is 4.58. The summed E-state index contributed by atoms with van der Waals surface area (Å²) in [5.41, 5.74) is 4.42. The van der Waals surface area contributed by atoms with Crippen molar-refractivity contribution in [1.29, 1.82) is 0 Å². The number of H-pyrrole nitrogens is 2. The maximum atomic E-state index is 12.7. The summed E-state index contributed by atoms with van der Waals surface area (Å²) in [4.78, 5) is 32.2. The van der Waals surface area contributed by atoms with Crippen molar-refractivity contribution < 1.29 is 4.79 Å². The molecule has 3 heterocycles. The molecule has 2 aromatic heterocycles. The predicted octanol–water partition coefficient (Wildman–Crippen LogP) is 2.49. The average molecular weight is 363 g/mol. The van der Waals surface area contributed by atoms with E-state index in [-0.39, 0.29) is 23.1 Å². The molecule has 0 unspecified atom stereocenters. The van der Waals surface area contributed by atoms with Crippen molar-refractivity contribution in [2.75, 3.05) is 13.1 Å². The molecule has 27 heavy (non-hydrogen) atoms. The molecule has 7 heteroatoms. The number of nitrogens with one attached hydrogen (secondary N) is 2. The highest BCUT2D eigenvalue weighted by atomic mass is 16.2. The van der Waals surface area contributed by atoms with E-state index in [0.29, 0.717) is 13.1 Å². The molecule has 0 aliphatic carbocycles. The van der Waals surface area contributed by atoms with Crippen LogP contribution in [0.4, 0.5) is 0 Å². The molecule has 138 valence electrons. The van der Waals surface area contributed by atoms with Crippen molar-refractivity contribution in [2.24, 2.45) is 0 Å². The zero-order chi connectivity index (χ0) is 18.8. The van der Waals surface area contributed by atoms with Crippen LogP contribution < -0.4 is 5.56 Å². The van der Waals surface area contributed by atoms with E-state index in [9.17, 15) is 9.59 Å². The lowest BCUT2D eigenvalue weighted by molar-refractivity contribution is 0.0699. The van der Waals surface area contributed by atoms with Crippen LogP contribution in [0.5, 0.6) is 0 Å². The third kappa shape index (κ3) is 3.53. The lowest BCUT2D eigenvalue weighted by atomic mass is 9.90. The summed E-state index contributed by atoms with van der Waals surface area (Å²) in [6, 6.07) is 8.37. The van der Waals surface area contributed by atoms with Gasteiger partial charge in [-0.1, -0.05) is 29.8 Å². The van der Waals surface area contributed by atoms with Crippen molar-refractivity contribution in [1.82, 2.24) is 25.1 Å². The van der Waals surface area contributed by atoms with Crippen LogP contribution in [0.1, 0.15) is 40.5 Å². The Bertz CT molecular complexity index is 985. The molecular formula is C20H21N5O2. The monoisotopic (exact) mass is 363 g/mol. The molecule has 0 saturated carbocycles. The first-order valence-electron chi connectivity index (χ1n) is 9.06. The number of benzene rings is 1. The number of aromatic nitrogens is 4. The molecule has 0 spiro atoms. The van der Waals surface area contributed by atoms with Gasteiger partial charge in [0.1, 0.15) is 5.69 Å². The molecule has 7 nitrogen and oxygen atoms in total. The lowest BCUT2D eigenvalue weighted by Crippen LogP contribution is -2.40. The second kappa shape index (κ2) is 7.19. The van der Waals surface area contributed by atoms with Gasteiger partial charge in [-0.15, -0.1) is 0 Å². The minimum atomic E-state index is -0.316. The van der Waals surface area contributed by atoms with E-state index in [1.807, 2.05) is 6.20 Å². The fraction of sp³-hybridized carbons (Fsp3) is 0.300. The van der Waals surface area contributed by atoms with Crippen LogP contribution in [0.25, 0.3) is 11.1 Å². The van der Waals surface area contributed by atoms with Crippen molar-refractivity contribution in [3.63, 3.8) is 0 Å². The smallest absolute Gasteiger partial charge is 0.273 e. The number of amides is 1. The van der Waals surface area contributed by atoms with Gasteiger partial charge in [-0.05, 0) is 25.3 Å². The summed E-state index contributed by atoms with van der Waals surface area (Å²) in [5.74, 6) is 0.0246. The minimum Gasteiger partial charge on any atom is -0.337 e. The van der Waals surface area contributed by atoms with Gasteiger partial charge in [-0.3, -0.25) is 14.7 Å². The van der Waals surface area contributed by atoms with Crippen LogP contribution in [0.15, 0.2) is 47.7 Å². The van der Waals surface area contributed by atoms with Crippen LogP contribution in [-0.4, -0.2) is 44.1 Å². The molecule has 1 atom stereocenters. The van der Waals surface area contributed by atoms with E-state index in [4.69, 9.17) is 0 Å². The third-order valence-corrected chi connectivity index (χ3v) is 5.04. The second-order valence-electron chi connectivity index (χ2n) is 6.95. The van der Waals surface area contributed by atoms with Gasteiger partial charge < -0.3 is 9.88 Å². The van der Waals surface area contributed by atoms with E-state index in [1.54, 1.807) is 4.90 Å². The van der Waals surface area contributed by atoms with Crippen LogP contribution in [0, 0.1) is 6.92 Å². The van der Waals surface area contributed by atoms with Crippen LogP contribution in [0.2, 0.25) is 0 Å². The Labute approximate surface area is 156 Å². The quantitative estimate of drug-likeness (QED) is 0.747. The summed E-state index contributed by atoms with van der Waals surface area (Å²) >= 11 is 0. The Morgan fingerprint density at radius 2 is 2.04 bits per heavy atom. The van der Waals surface area contributed by atoms with E-state index in [2.05, 4.69) is 51.4 Å². The average Bonchev–Trinajstić information content (AvgIpc) is 3.18. The zero-order valence-corrected chi connectivity index (χ0v) is 15.1. The van der Waals surface area contributed by atoms with Crippen LogP contribution in [-0.2, 0) is 0 Å². The van der Waals surface area contributed by atoms with Gasteiger partial charge in [0, 0.05) is 36.5 Å². The molecule has 1 saturated heterocycles. The highest BCUT2D eigenvalue weighted by molar-refractivity contribution is 5.92. The highest BCUT2D eigenvalue weighted by Crippen LogP contribution is 2.33. The van der Waals surface area contributed by atoms with Crippen LogP contribution in [0.3, 0.4) is 0 Å². The number of carbonyl (C=O) groups excluding carboxylic acids is 1. The van der Waals surface area contributed by atoms with Crippen molar-refractivity contribution >= 4 is 5.91 Å². The fourth-order valence-corrected chi connectivity index (χ4v) is 3.59. The lowest BCUT2D eigenvalue weighted by Gasteiger charge is -2.32. The Morgan fingerprint density at radius 3 is 2.78 bits per heavy atom. The van der Waals surface area contributed by atoms with E-state index >= 15 is 0 Å². The highest BCUT2D eigenvalue weighted by Gasteiger charge is 2.28. The van der Waals surface area contributed by atoms with Gasteiger partial charge in [-0.2, -0.15) is 5.10 Å². The standard InChI is InChI=1S/C20H21N5O2/c1-13-4-6-14(7-5-13)16-9-23-24-19(16)15-3-2-8-25(12-15)20(27)17-10-22-18(26)11-21-17/h4-7,9-11,15H,2-3,8,12H2,1H3,(H,22,26)(H,23,24)/t15-/m0/s1. The molecule has 1 aliphatic heterocycles. The topological polar surface area (TPSA) is 94.7 Å². The van der Waals surface area contributed by atoms with E-state index < -0.39 is 0 Å². The number of piperidine rings is 1. The van der Waals surface area contributed by atoms with E-state index in [1.165, 1.54) is 11.8 Å². The van der Waals surface area contributed by atoms with Gasteiger partial charge in [-0.25, -0.2) is 4.98 Å². The summed E-state index contributed by atoms with van der Waals surface area (Å²) in [7, 11) is 0. The number of aromatic amines is 2. The first-order chi connectivity index (χ1) is 13.1. The van der Waals surface area contributed by atoms with Crippen LogP contribution >= 0.6 is 0 Å². The molecule has 1 aliphatic rings. The number of likely N-dealkylation sites (tertiary alicyclic amines) is 1. The second-order valence-corrected chi connectivity index (χ2v) is 6.95. The number of hydrogen-bond acceptors (Lipinski definition) is 4. The van der Waals surface area contributed by atoms with Gasteiger partial charge in [0.2, 0.25) is 0 Å². The van der Waals surface area contributed by atoms with Crippen molar-refractivity contribution in [3.05, 3.63) is 70.2 Å². The summed E-state index contributed by atoms with van der Waals surface area (Å²) in [5, 5.41) is 7.40. The van der Waals surface area contributed by atoms with Crippen molar-refractivity contribution in [3.8, 4) is 11.1 Å². The first-order valence-corrected chi connectivity index (χ1v) is 9.06. The Morgan fingerprint density at radius 1 is 1.22 bits per heavy atom. The first kappa shape index (κ1) is 17.2. The zero-order valence-electron chi connectivity index (χ0n) is 15.1. The Balaban J connectivity index is 1.56. The number of nitrogens with zero attached hydrogens (tertiary/aromatic N) is 3. The normalized spacial score (nSPS) is 17.1. The minimum absolute atomic E-state index is 0.160. The van der Waals surface area contributed by atoms with E-state index in [0.717, 1.165) is 35.9 Å². The number of carbonyl (C=O) groups is 1. The molecule has 4 rings (SSSR count). The molecule has 1 aromatic carbocycles. The molecule has 2 N–H and O–H groups in total. The maximum absolute atomic E-state index is 12.7. The summed E-state index contributed by atoms with van der Waals surface area (Å²) in [6.45, 7) is 3.35. The van der Waals surface area contributed by atoms with Gasteiger partial charge in [0.25, 0.3) is 11.5 Å². The Hall–Kier alpha value is -3.22. The number of hydrogen-bond donors (Lipinski definition) is 2. The molecule has 1 amide bonds. The number of rotatable bonds is 3.